The lowest BCUT2D eigenvalue weighted by Gasteiger charge is -2.26. The fourth-order valence-electron chi connectivity index (χ4n) is 4.12. The molecule has 2 aliphatic rings. The third-order valence-corrected chi connectivity index (χ3v) is 5.72. The molecule has 0 N–H and O–H groups in total. The summed E-state index contributed by atoms with van der Waals surface area (Å²) in [4.78, 5) is 9.76. The van der Waals surface area contributed by atoms with Crippen LogP contribution in [0.15, 0.2) is 24.3 Å². The Morgan fingerprint density at radius 2 is 1.52 bits per heavy atom. The largest absolute Gasteiger partial charge is 0.341 e. The molecule has 0 radical (unpaired) electrons. The maximum atomic E-state index is 4.82. The van der Waals surface area contributed by atoms with Gasteiger partial charge in [-0.3, -0.25) is 4.90 Å². The summed E-state index contributed by atoms with van der Waals surface area (Å²) in [5.41, 5.74) is 2.49. The quantitative estimate of drug-likeness (QED) is 0.852. The predicted molar refractivity (Wildman–Crippen MR) is 102 cm³/mol. The van der Waals surface area contributed by atoms with Crippen LogP contribution in [-0.2, 0) is 7.05 Å². The highest BCUT2D eigenvalue weighted by molar-refractivity contribution is 5.57. The van der Waals surface area contributed by atoms with Crippen LogP contribution < -0.4 is 4.90 Å². The molecule has 2 aromatic rings. The number of benzene rings is 1. The monoisotopic (exact) mass is 339 g/mol. The van der Waals surface area contributed by atoms with Crippen molar-refractivity contribution in [3.63, 3.8) is 0 Å². The van der Waals surface area contributed by atoms with Gasteiger partial charge in [0.2, 0.25) is 5.95 Å². The van der Waals surface area contributed by atoms with Gasteiger partial charge in [-0.2, -0.15) is 4.98 Å². The van der Waals surface area contributed by atoms with E-state index in [1.807, 2.05) is 11.7 Å². The van der Waals surface area contributed by atoms with Crippen LogP contribution in [0.1, 0.15) is 50.6 Å². The van der Waals surface area contributed by atoms with Crippen molar-refractivity contribution in [1.29, 1.82) is 0 Å². The first-order chi connectivity index (χ1) is 12.2. The molecule has 0 saturated carbocycles. The van der Waals surface area contributed by atoms with Gasteiger partial charge >= 0.3 is 0 Å². The highest BCUT2D eigenvalue weighted by atomic mass is 15.4. The fourth-order valence-corrected chi connectivity index (χ4v) is 4.12. The molecule has 5 heteroatoms. The predicted octanol–water partition coefficient (Wildman–Crippen LogP) is 3.63. The van der Waals surface area contributed by atoms with E-state index in [0.29, 0.717) is 6.04 Å². The van der Waals surface area contributed by atoms with Gasteiger partial charge in [0.05, 0.1) is 0 Å². The van der Waals surface area contributed by atoms with Crippen molar-refractivity contribution in [1.82, 2.24) is 19.7 Å². The van der Waals surface area contributed by atoms with Crippen LogP contribution in [0.3, 0.4) is 0 Å². The number of hydrogen-bond donors (Lipinski definition) is 0. The molecule has 4 rings (SSSR count). The number of piperidine rings is 1. The molecule has 0 bridgehead atoms. The smallest absolute Gasteiger partial charge is 0.224 e. The van der Waals surface area contributed by atoms with Crippen molar-refractivity contribution in [2.24, 2.45) is 7.05 Å². The molecular weight excluding hydrogens is 310 g/mol. The standard InChI is InChI=1S/C20H29N5/c1-16(24-12-6-7-13-24)17-8-10-18(11-9-17)19-21-20(23(2)22-19)25-14-4-3-5-15-25/h8-11,16H,3-7,12-15H2,1-2H3/t16-/m1/s1. The number of likely N-dealkylation sites (tertiary alicyclic amines) is 1. The minimum Gasteiger partial charge on any atom is -0.341 e. The Labute approximate surface area is 150 Å². The number of aromatic nitrogens is 3. The Morgan fingerprint density at radius 1 is 0.880 bits per heavy atom. The first kappa shape index (κ1) is 16.6. The summed E-state index contributed by atoms with van der Waals surface area (Å²) >= 11 is 0. The van der Waals surface area contributed by atoms with Gasteiger partial charge in [-0.05, 0) is 57.7 Å². The molecule has 2 fully saturated rings. The van der Waals surface area contributed by atoms with Crippen molar-refractivity contribution in [3.8, 4) is 11.4 Å². The molecule has 1 aromatic carbocycles. The second-order valence-corrected chi connectivity index (χ2v) is 7.45. The highest BCUT2D eigenvalue weighted by Gasteiger charge is 2.20. The molecular formula is C20H29N5. The zero-order valence-electron chi connectivity index (χ0n) is 15.5. The summed E-state index contributed by atoms with van der Waals surface area (Å²) in [6, 6.07) is 9.34. The average molecular weight is 339 g/mol. The normalized spacial score (nSPS) is 20.2. The Hall–Kier alpha value is -1.88. The van der Waals surface area contributed by atoms with Gasteiger partial charge in [-0.25, -0.2) is 4.68 Å². The summed E-state index contributed by atoms with van der Waals surface area (Å²) in [5.74, 6) is 1.84. The van der Waals surface area contributed by atoms with E-state index in [4.69, 9.17) is 4.98 Å². The molecule has 1 aromatic heterocycles. The number of aryl methyl sites for hydroxylation is 1. The number of rotatable bonds is 4. The molecule has 0 unspecified atom stereocenters. The van der Waals surface area contributed by atoms with E-state index < -0.39 is 0 Å². The first-order valence-electron chi connectivity index (χ1n) is 9.73. The molecule has 134 valence electrons. The Kier molecular flexibility index (Phi) is 4.75. The van der Waals surface area contributed by atoms with Gasteiger partial charge in [0.1, 0.15) is 0 Å². The lowest BCUT2D eigenvalue weighted by Crippen LogP contribution is -2.31. The minimum absolute atomic E-state index is 0.497. The van der Waals surface area contributed by atoms with Crippen molar-refractivity contribution < 1.29 is 0 Å². The maximum absolute atomic E-state index is 4.82. The van der Waals surface area contributed by atoms with Gasteiger partial charge in [0.25, 0.3) is 0 Å². The third kappa shape index (κ3) is 3.43. The second-order valence-electron chi connectivity index (χ2n) is 7.45. The van der Waals surface area contributed by atoms with Crippen LogP contribution in [0, 0.1) is 0 Å². The molecule has 3 heterocycles. The Bertz CT molecular complexity index is 693. The van der Waals surface area contributed by atoms with Crippen molar-refractivity contribution in [2.75, 3.05) is 31.1 Å². The zero-order chi connectivity index (χ0) is 17.2. The molecule has 0 spiro atoms. The lowest BCUT2D eigenvalue weighted by molar-refractivity contribution is 0.263. The van der Waals surface area contributed by atoms with Crippen LogP contribution in [0.2, 0.25) is 0 Å². The molecule has 5 nitrogen and oxygen atoms in total. The topological polar surface area (TPSA) is 37.2 Å². The Morgan fingerprint density at radius 3 is 2.20 bits per heavy atom. The second kappa shape index (κ2) is 7.16. The molecule has 0 aliphatic carbocycles. The van der Waals surface area contributed by atoms with E-state index >= 15 is 0 Å². The van der Waals surface area contributed by atoms with Crippen LogP contribution >= 0.6 is 0 Å². The number of hydrogen-bond acceptors (Lipinski definition) is 4. The Balaban J connectivity index is 1.52. The fraction of sp³-hybridized carbons (Fsp3) is 0.600. The van der Waals surface area contributed by atoms with E-state index in [-0.39, 0.29) is 0 Å². The van der Waals surface area contributed by atoms with Gasteiger partial charge < -0.3 is 4.90 Å². The summed E-state index contributed by atoms with van der Waals surface area (Å²) in [7, 11) is 2.00. The average Bonchev–Trinajstić information content (AvgIpc) is 3.32. The van der Waals surface area contributed by atoms with E-state index in [9.17, 15) is 0 Å². The van der Waals surface area contributed by atoms with E-state index in [1.165, 1.54) is 50.8 Å². The summed E-state index contributed by atoms with van der Waals surface area (Å²) < 4.78 is 1.93. The minimum atomic E-state index is 0.497. The molecule has 1 atom stereocenters. The van der Waals surface area contributed by atoms with Crippen molar-refractivity contribution in [3.05, 3.63) is 29.8 Å². The lowest BCUT2D eigenvalue weighted by atomic mass is 10.0. The van der Waals surface area contributed by atoms with Crippen LogP contribution in [0.25, 0.3) is 11.4 Å². The summed E-state index contributed by atoms with van der Waals surface area (Å²) in [6.45, 7) is 6.96. The molecule has 25 heavy (non-hydrogen) atoms. The molecule has 2 saturated heterocycles. The molecule has 2 aliphatic heterocycles. The highest BCUT2D eigenvalue weighted by Crippen LogP contribution is 2.27. The molecule has 0 amide bonds. The van der Waals surface area contributed by atoms with E-state index in [2.05, 4.69) is 46.1 Å². The number of anilines is 1. The first-order valence-corrected chi connectivity index (χ1v) is 9.73. The van der Waals surface area contributed by atoms with Crippen LogP contribution in [0.4, 0.5) is 5.95 Å². The van der Waals surface area contributed by atoms with E-state index in [0.717, 1.165) is 30.4 Å². The van der Waals surface area contributed by atoms with Gasteiger partial charge in [-0.1, -0.05) is 24.3 Å². The van der Waals surface area contributed by atoms with Crippen molar-refractivity contribution in [2.45, 2.75) is 45.1 Å². The van der Waals surface area contributed by atoms with Gasteiger partial charge in [0, 0.05) is 31.7 Å². The third-order valence-electron chi connectivity index (χ3n) is 5.72. The van der Waals surface area contributed by atoms with Gasteiger partial charge in [0.15, 0.2) is 5.82 Å². The van der Waals surface area contributed by atoms with Crippen molar-refractivity contribution >= 4 is 5.95 Å². The SMILES string of the molecule is C[C@H](c1ccc(-c2nc(N3CCCCC3)n(C)n2)cc1)N1CCCC1. The van der Waals surface area contributed by atoms with Crippen LogP contribution in [-0.4, -0.2) is 45.8 Å². The number of nitrogens with zero attached hydrogens (tertiary/aromatic N) is 5. The maximum Gasteiger partial charge on any atom is 0.224 e. The van der Waals surface area contributed by atoms with E-state index in [1.54, 1.807) is 0 Å². The summed E-state index contributed by atoms with van der Waals surface area (Å²) in [6.07, 6.45) is 6.51. The van der Waals surface area contributed by atoms with Crippen LogP contribution in [0.5, 0.6) is 0 Å². The zero-order valence-corrected chi connectivity index (χ0v) is 15.5. The van der Waals surface area contributed by atoms with Gasteiger partial charge in [-0.15, -0.1) is 5.10 Å². The summed E-state index contributed by atoms with van der Waals surface area (Å²) in [5, 5.41) is 4.66.